The van der Waals surface area contributed by atoms with Crippen molar-refractivity contribution in [2.75, 3.05) is 5.75 Å². The monoisotopic (exact) mass is 349 g/mol. The Morgan fingerprint density at radius 1 is 1.25 bits per heavy atom. The fourth-order valence-corrected chi connectivity index (χ4v) is 3.44. The molecule has 0 unspecified atom stereocenters. The van der Waals surface area contributed by atoms with Crippen LogP contribution in [-0.4, -0.2) is 37.3 Å². The second-order valence-corrected chi connectivity index (χ2v) is 7.68. The molecular formula is C17H27N5OS. The Hall–Kier alpha value is -1.63. The number of carbonyl (C=O) groups excluding carboxylic acids is 1. The quantitative estimate of drug-likeness (QED) is 0.741. The van der Waals surface area contributed by atoms with Crippen molar-refractivity contribution in [2.45, 2.75) is 65.1 Å². The number of carbonyl (C=O) groups is 1. The Labute approximate surface area is 147 Å². The van der Waals surface area contributed by atoms with Crippen molar-refractivity contribution in [1.82, 2.24) is 24.9 Å². The molecule has 0 aliphatic heterocycles. The van der Waals surface area contributed by atoms with Crippen LogP contribution >= 0.6 is 11.8 Å². The topological polar surface area (TPSA) is 72.2 Å². The van der Waals surface area contributed by atoms with E-state index < -0.39 is 0 Å². The van der Waals surface area contributed by atoms with Crippen LogP contribution in [0.4, 0.5) is 0 Å². The van der Waals surface area contributed by atoms with Gasteiger partial charge in [-0.25, -0.2) is 4.98 Å². The van der Waals surface area contributed by atoms with Crippen LogP contribution in [0, 0.1) is 19.8 Å². The van der Waals surface area contributed by atoms with E-state index in [1.165, 1.54) is 18.2 Å². The number of hydrogen-bond acceptors (Lipinski definition) is 5. The number of aryl methyl sites for hydroxylation is 2. The highest BCUT2D eigenvalue weighted by Gasteiger charge is 2.13. The average molecular weight is 350 g/mol. The van der Waals surface area contributed by atoms with Gasteiger partial charge in [0.1, 0.15) is 0 Å². The molecule has 0 saturated carbocycles. The van der Waals surface area contributed by atoms with Gasteiger partial charge in [0.25, 0.3) is 5.78 Å². The van der Waals surface area contributed by atoms with E-state index in [1.54, 1.807) is 0 Å². The Morgan fingerprint density at radius 3 is 2.71 bits per heavy atom. The van der Waals surface area contributed by atoms with Gasteiger partial charge in [-0.1, -0.05) is 38.5 Å². The molecule has 0 bridgehead atoms. The van der Waals surface area contributed by atoms with Gasteiger partial charge in [-0.3, -0.25) is 9.20 Å². The standard InChI is InChI=1S/C17H27N5OS/c1-11(2)7-6-8-12(3)18-15(23)10-24-17-21-20-16-19-13(4)9-14(5)22(16)17/h9,11-12H,6-8,10H2,1-5H3,(H,18,23)/t12-/m0/s1. The molecule has 0 aromatic carbocycles. The maximum absolute atomic E-state index is 12.1. The van der Waals surface area contributed by atoms with Gasteiger partial charge in [0.2, 0.25) is 5.91 Å². The van der Waals surface area contributed by atoms with Crippen LogP contribution in [-0.2, 0) is 4.79 Å². The lowest BCUT2D eigenvalue weighted by Gasteiger charge is -2.14. The lowest BCUT2D eigenvalue weighted by molar-refractivity contribution is -0.119. The Bertz CT molecular complexity index is 698. The molecular weight excluding hydrogens is 322 g/mol. The Balaban J connectivity index is 1.86. The third kappa shape index (κ3) is 5.19. The van der Waals surface area contributed by atoms with Gasteiger partial charge in [0.15, 0.2) is 5.16 Å². The number of nitrogens with zero attached hydrogens (tertiary/aromatic N) is 4. The Morgan fingerprint density at radius 2 is 2.00 bits per heavy atom. The molecule has 2 rings (SSSR count). The minimum atomic E-state index is 0.0338. The zero-order valence-electron chi connectivity index (χ0n) is 15.2. The first-order valence-electron chi connectivity index (χ1n) is 8.48. The highest BCUT2D eigenvalue weighted by atomic mass is 32.2. The Kier molecular flexibility index (Phi) is 6.60. The lowest BCUT2D eigenvalue weighted by atomic mass is 10.0. The number of thioether (sulfide) groups is 1. The SMILES string of the molecule is Cc1cc(C)n2c(SCC(=O)N[C@@H](C)CCCC(C)C)nnc2n1. The second-order valence-electron chi connectivity index (χ2n) is 6.74. The number of rotatable bonds is 8. The maximum atomic E-state index is 12.1. The minimum Gasteiger partial charge on any atom is -0.353 e. The summed E-state index contributed by atoms with van der Waals surface area (Å²) >= 11 is 1.39. The summed E-state index contributed by atoms with van der Waals surface area (Å²) in [5.74, 6) is 1.66. The largest absolute Gasteiger partial charge is 0.353 e. The summed E-state index contributed by atoms with van der Waals surface area (Å²) in [4.78, 5) is 16.5. The summed E-state index contributed by atoms with van der Waals surface area (Å²) in [5.41, 5.74) is 1.93. The molecule has 1 amide bonds. The third-order valence-electron chi connectivity index (χ3n) is 3.82. The predicted molar refractivity (Wildman–Crippen MR) is 97.3 cm³/mol. The smallest absolute Gasteiger partial charge is 0.256 e. The fourth-order valence-electron chi connectivity index (χ4n) is 2.64. The summed E-state index contributed by atoms with van der Waals surface area (Å²) in [6, 6.07) is 2.19. The zero-order chi connectivity index (χ0) is 17.7. The molecule has 7 heteroatoms. The highest BCUT2D eigenvalue weighted by Crippen LogP contribution is 2.18. The average Bonchev–Trinajstić information content (AvgIpc) is 2.87. The second kappa shape index (κ2) is 8.46. The normalized spacial score (nSPS) is 12.8. The molecule has 2 aromatic heterocycles. The minimum absolute atomic E-state index is 0.0338. The van der Waals surface area contributed by atoms with Gasteiger partial charge < -0.3 is 5.32 Å². The molecule has 2 heterocycles. The van der Waals surface area contributed by atoms with E-state index in [0.717, 1.165) is 24.2 Å². The number of hydrogen-bond donors (Lipinski definition) is 1. The molecule has 2 aromatic rings. The van der Waals surface area contributed by atoms with Crippen LogP contribution in [0.2, 0.25) is 0 Å². The van der Waals surface area contributed by atoms with Crippen molar-refractivity contribution in [2.24, 2.45) is 5.92 Å². The van der Waals surface area contributed by atoms with E-state index in [0.29, 0.717) is 22.6 Å². The molecule has 132 valence electrons. The van der Waals surface area contributed by atoms with Gasteiger partial charge in [0.05, 0.1) is 5.75 Å². The van der Waals surface area contributed by atoms with E-state index in [4.69, 9.17) is 0 Å². The molecule has 0 radical (unpaired) electrons. The number of aromatic nitrogens is 4. The summed E-state index contributed by atoms with van der Waals surface area (Å²) < 4.78 is 1.89. The van der Waals surface area contributed by atoms with Crippen LogP contribution in [0.25, 0.3) is 5.78 Å². The van der Waals surface area contributed by atoms with Crippen LogP contribution in [0.3, 0.4) is 0 Å². The van der Waals surface area contributed by atoms with Crippen LogP contribution in [0.5, 0.6) is 0 Å². The van der Waals surface area contributed by atoms with E-state index >= 15 is 0 Å². The summed E-state index contributed by atoms with van der Waals surface area (Å²) in [6.45, 7) is 10.4. The van der Waals surface area contributed by atoms with Crippen LogP contribution in [0.1, 0.15) is 51.4 Å². The van der Waals surface area contributed by atoms with E-state index in [9.17, 15) is 4.79 Å². The summed E-state index contributed by atoms with van der Waals surface area (Å²) in [5, 5.41) is 12.0. The van der Waals surface area contributed by atoms with Crippen molar-refractivity contribution in [3.63, 3.8) is 0 Å². The van der Waals surface area contributed by atoms with Crippen molar-refractivity contribution >= 4 is 23.4 Å². The number of amides is 1. The van der Waals surface area contributed by atoms with Crippen molar-refractivity contribution in [3.8, 4) is 0 Å². The van der Waals surface area contributed by atoms with Crippen LogP contribution in [0.15, 0.2) is 11.2 Å². The first kappa shape index (κ1) is 18.7. The first-order chi connectivity index (χ1) is 11.4. The molecule has 0 fully saturated rings. The predicted octanol–water partition coefficient (Wildman–Crippen LogP) is 3.16. The van der Waals surface area contributed by atoms with Crippen molar-refractivity contribution in [1.29, 1.82) is 0 Å². The molecule has 1 atom stereocenters. The molecule has 1 N–H and O–H groups in total. The molecule has 0 spiro atoms. The maximum Gasteiger partial charge on any atom is 0.256 e. The van der Waals surface area contributed by atoms with Gasteiger partial charge in [0, 0.05) is 17.4 Å². The van der Waals surface area contributed by atoms with Crippen molar-refractivity contribution < 1.29 is 4.79 Å². The fraction of sp³-hybridized carbons (Fsp3) is 0.647. The van der Waals surface area contributed by atoms with Crippen LogP contribution < -0.4 is 5.32 Å². The summed E-state index contributed by atoms with van der Waals surface area (Å²) in [6.07, 6.45) is 3.36. The van der Waals surface area contributed by atoms with Gasteiger partial charge >= 0.3 is 0 Å². The van der Waals surface area contributed by atoms with Gasteiger partial charge in [-0.15, -0.1) is 10.2 Å². The zero-order valence-corrected chi connectivity index (χ0v) is 16.0. The van der Waals surface area contributed by atoms with Gasteiger partial charge in [-0.05, 0) is 39.2 Å². The molecule has 0 aliphatic carbocycles. The summed E-state index contributed by atoms with van der Waals surface area (Å²) in [7, 11) is 0. The molecule has 0 saturated heterocycles. The third-order valence-corrected chi connectivity index (χ3v) is 4.75. The van der Waals surface area contributed by atoms with E-state index in [1.807, 2.05) is 24.3 Å². The molecule has 0 aliphatic rings. The van der Waals surface area contributed by atoms with Crippen molar-refractivity contribution in [3.05, 3.63) is 17.5 Å². The number of nitrogens with one attached hydrogen (secondary N) is 1. The molecule has 6 nitrogen and oxygen atoms in total. The van der Waals surface area contributed by atoms with E-state index in [-0.39, 0.29) is 11.9 Å². The highest BCUT2D eigenvalue weighted by molar-refractivity contribution is 7.99. The first-order valence-corrected chi connectivity index (χ1v) is 9.47. The van der Waals surface area contributed by atoms with E-state index in [2.05, 4.69) is 41.3 Å². The number of fused-ring (bicyclic) bond motifs is 1. The lowest BCUT2D eigenvalue weighted by Crippen LogP contribution is -2.33. The molecule has 24 heavy (non-hydrogen) atoms. The van der Waals surface area contributed by atoms with Gasteiger partial charge in [-0.2, -0.15) is 0 Å².